The highest BCUT2D eigenvalue weighted by Gasteiger charge is 2.71. The lowest BCUT2D eigenvalue weighted by Gasteiger charge is -2.25. The van der Waals surface area contributed by atoms with Crippen LogP contribution < -0.4 is 0 Å². The molecule has 0 spiro atoms. The summed E-state index contributed by atoms with van der Waals surface area (Å²) in [5.41, 5.74) is -0.145. The minimum Gasteiger partial charge on any atom is -0.455 e. The van der Waals surface area contributed by atoms with E-state index in [1.54, 1.807) is 24.3 Å². The van der Waals surface area contributed by atoms with E-state index in [9.17, 15) is 15.0 Å². The predicted octanol–water partition coefficient (Wildman–Crippen LogP) is 0.352. The van der Waals surface area contributed by atoms with Gasteiger partial charge in [-0.1, -0.05) is 18.2 Å². The number of esters is 1. The quantitative estimate of drug-likeness (QED) is 0.608. The van der Waals surface area contributed by atoms with E-state index in [0.717, 1.165) is 0 Å². The first-order valence-electron chi connectivity index (χ1n) is 6.30. The maximum atomic E-state index is 12.0. The molecule has 2 N–H and O–H groups in total. The Morgan fingerprint density at radius 3 is 2.74 bits per heavy atom. The molecule has 0 unspecified atom stereocenters. The first-order valence-corrected chi connectivity index (χ1v) is 6.30. The van der Waals surface area contributed by atoms with Gasteiger partial charge in [0.1, 0.15) is 23.9 Å². The summed E-state index contributed by atoms with van der Waals surface area (Å²) in [6.07, 6.45) is -1.95. The molecule has 1 heterocycles. The molecule has 1 saturated carbocycles. The van der Waals surface area contributed by atoms with E-state index in [1.165, 1.54) is 0 Å². The van der Waals surface area contributed by atoms with Crippen LogP contribution in [-0.4, -0.2) is 46.7 Å². The van der Waals surface area contributed by atoms with Crippen molar-refractivity contribution >= 4 is 5.97 Å². The molecule has 5 nitrogen and oxygen atoms in total. The number of rotatable bonds is 3. The van der Waals surface area contributed by atoms with E-state index < -0.39 is 23.8 Å². The fraction of sp³-hybridized carbons (Fsp3) is 0.500. The number of aliphatic hydroxyl groups is 2. The summed E-state index contributed by atoms with van der Waals surface area (Å²) >= 11 is 0. The molecule has 1 aromatic carbocycles. The summed E-state index contributed by atoms with van der Waals surface area (Å²) < 4.78 is 10.7. The Morgan fingerprint density at radius 2 is 2.11 bits per heavy atom. The SMILES string of the molecule is C[C@]12O[C@H]1[C@@H](O)[C@@H](OC(=O)c1ccccc1)[C@@H]2CO. The number of ether oxygens (including phenoxy) is 2. The van der Waals surface area contributed by atoms with Crippen LogP contribution >= 0.6 is 0 Å². The number of benzene rings is 1. The fourth-order valence-electron chi connectivity index (χ4n) is 2.89. The molecule has 1 aliphatic heterocycles. The molecule has 19 heavy (non-hydrogen) atoms. The summed E-state index contributed by atoms with van der Waals surface area (Å²) in [4.78, 5) is 12.0. The summed E-state index contributed by atoms with van der Waals surface area (Å²) in [7, 11) is 0. The van der Waals surface area contributed by atoms with Gasteiger partial charge in [0.2, 0.25) is 0 Å². The third-order valence-electron chi connectivity index (χ3n) is 4.12. The zero-order valence-electron chi connectivity index (χ0n) is 10.5. The van der Waals surface area contributed by atoms with Crippen LogP contribution in [0.4, 0.5) is 0 Å². The number of hydrogen-bond acceptors (Lipinski definition) is 5. The van der Waals surface area contributed by atoms with E-state index in [2.05, 4.69) is 0 Å². The first kappa shape index (κ1) is 12.6. The maximum Gasteiger partial charge on any atom is 0.338 e. The largest absolute Gasteiger partial charge is 0.455 e. The van der Waals surface area contributed by atoms with E-state index in [0.29, 0.717) is 5.56 Å². The zero-order chi connectivity index (χ0) is 13.6. The van der Waals surface area contributed by atoms with Crippen molar-refractivity contribution in [3.63, 3.8) is 0 Å². The molecule has 1 aliphatic carbocycles. The predicted molar refractivity (Wildman–Crippen MR) is 65.5 cm³/mol. The highest BCUT2D eigenvalue weighted by Crippen LogP contribution is 2.54. The van der Waals surface area contributed by atoms with E-state index in [-0.39, 0.29) is 18.6 Å². The Balaban J connectivity index is 1.75. The Morgan fingerprint density at radius 1 is 1.42 bits per heavy atom. The van der Waals surface area contributed by atoms with Crippen LogP contribution in [0.1, 0.15) is 17.3 Å². The topological polar surface area (TPSA) is 79.3 Å². The Labute approximate surface area is 110 Å². The Kier molecular flexibility index (Phi) is 2.85. The van der Waals surface area contributed by atoms with Gasteiger partial charge in [0.25, 0.3) is 0 Å². The number of fused-ring (bicyclic) bond motifs is 1. The van der Waals surface area contributed by atoms with Crippen molar-refractivity contribution in [3.05, 3.63) is 35.9 Å². The molecule has 1 saturated heterocycles. The molecule has 5 atom stereocenters. The molecule has 1 aromatic rings. The lowest BCUT2D eigenvalue weighted by atomic mass is 9.96. The molecule has 2 fully saturated rings. The van der Waals surface area contributed by atoms with Crippen LogP contribution in [-0.2, 0) is 9.47 Å². The number of aliphatic hydroxyl groups excluding tert-OH is 2. The van der Waals surface area contributed by atoms with Gasteiger partial charge in [0, 0.05) is 0 Å². The van der Waals surface area contributed by atoms with Gasteiger partial charge in [0.05, 0.1) is 18.1 Å². The van der Waals surface area contributed by atoms with E-state index in [1.807, 2.05) is 13.0 Å². The summed E-state index contributed by atoms with van der Waals surface area (Å²) in [5, 5.41) is 19.5. The summed E-state index contributed by atoms with van der Waals surface area (Å²) in [6, 6.07) is 8.59. The number of carbonyl (C=O) groups is 1. The molecule has 0 radical (unpaired) electrons. The van der Waals surface area contributed by atoms with Crippen LogP contribution in [0.15, 0.2) is 30.3 Å². The average molecular weight is 264 g/mol. The molecular formula is C14H16O5. The van der Waals surface area contributed by atoms with Crippen molar-refractivity contribution in [3.8, 4) is 0 Å². The van der Waals surface area contributed by atoms with Crippen molar-refractivity contribution in [2.45, 2.75) is 30.8 Å². The van der Waals surface area contributed by atoms with Crippen molar-refractivity contribution in [1.82, 2.24) is 0 Å². The van der Waals surface area contributed by atoms with Gasteiger partial charge in [-0.15, -0.1) is 0 Å². The Bertz CT molecular complexity index is 488. The summed E-state index contributed by atoms with van der Waals surface area (Å²) in [6.45, 7) is 1.63. The minimum absolute atomic E-state index is 0.184. The number of carbonyl (C=O) groups excluding carboxylic acids is 1. The molecule has 102 valence electrons. The van der Waals surface area contributed by atoms with Gasteiger partial charge in [-0.3, -0.25) is 0 Å². The lowest BCUT2D eigenvalue weighted by molar-refractivity contribution is -0.0689. The van der Waals surface area contributed by atoms with Crippen molar-refractivity contribution in [2.75, 3.05) is 6.61 Å². The number of epoxide rings is 1. The standard InChI is InChI=1S/C14H16O5/c1-14-9(7-15)11(10(16)12(14)19-14)18-13(17)8-5-3-2-4-6-8/h2-6,9-12,15-16H,7H2,1H3/t9-,10-,11-,12-,14+/m0/s1. The Hall–Kier alpha value is -1.43. The summed E-state index contributed by atoms with van der Waals surface area (Å²) in [5.74, 6) is -0.881. The van der Waals surface area contributed by atoms with Crippen molar-refractivity contribution in [1.29, 1.82) is 0 Å². The van der Waals surface area contributed by atoms with Gasteiger partial charge in [-0.25, -0.2) is 4.79 Å². The lowest BCUT2D eigenvalue weighted by Crippen LogP contribution is -2.39. The minimum atomic E-state index is -0.880. The van der Waals surface area contributed by atoms with E-state index in [4.69, 9.17) is 9.47 Å². The molecule has 2 aliphatic rings. The fourth-order valence-corrected chi connectivity index (χ4v) is 2.89. The van der Waals surface area contributed by atoms with Crippen LogP contribution in [0.25, 0.3) is 0 Å². The molecule has 0 amide bonds. The van der Waals surface area contributed by atoms with Crippen LogP contribution in [0, 0.1) is 5.92 Å². The van der Waals surface area contributed by atoms with Gasteiger partial charge >= 0.3 is 5.97 Å². The van der Waals surface area contributed by atoms with Gasteiger partial charge in [-0.05, 0) is 19.1 Å². The highest BCUT2D eigenvalue weighted by molar-refractivity contribution is 5.89. The molecule has 3 rings (SSSR count). The van der Waals surface area contributed by atoms with Gasteiger partial charge < -0.3 is 19.7 Å². The van der Waals surface area contributed by atoms with Crippen molar-refractivity contribution < 1.29 is 24.5 Å². The second kappa shape index (κ2) is 4.30. The molecule has 5 heteroatoms. The average Bonchev–Trinajstić information content (AvgIpc) is 3.06. The first-order chi connectivity index (χ1) is 9.08. The van der Waals surface area contributed by atoms with Crippen LogP contribution in [0.5, 0.6) is 0 Å². The number of hydrogen-bond donors (Lipinski definition) is 2. The maximum absolute atomic E-state index is 12.0. The molecule has 0 aromatic heterocycles. The molecular weight excluding hydrogens is 248 g/mol. The monoisotopic (exact) mass is 264 g/mol. The molecule has 0 bridgehead atoms. The van der Waals surface area contributed by atoms with Crippen LogP contribution in [0.2, 0.25) is 0 Å². The zero-order valence-corrected chi connectivity index (χ0v) is 10.5. The van der Waals surface area contributed by atoms with Crippen molar-refractivity contribution in [2.24, 2.45) is 5.92 Å². The highest BCUT2D eigenvalue weighted by atomic mass is 16.6. The third kappa shape index (κ3) is 1.85. The van der Waals surface area contributed by atoms with Crippen LogP contribution in [0.3, 0.4) is 0 Å². The third-order valence-corrected chi connectivity index (χ3v) is 4.12. The normalized spacial score (nSPS) is 39.7. The van der Waals surface area contributed by atoms with Gasteiger partial charge in [0.15, 0.2) is 0 Å². The second-order valence-electron chi connectivity index (χ2n) is 5.24. The second-order valence-corrected chi connectivity index (χ2v) is 5.24. The smallest absolute Gasteiger partial charge is 0.338 e. The van der Waals surface area contributed by atoms with E-state index >= 15 is 0 Å². The van der Waals surface area contributed by atoms with Gasteiger partial charge in [-0.2, -0.15) is 0 Å².